The highest BCUT2D eigenvalue weighted by molar-refractivity contribution is 5.83. The first-order chi connectivity index (χ1) is 15.3. The van der Waals surface area contributed by atoms with Crippen molar-refractivity contribution in [3.8, 4) is 28.7 Å². The first kappa shape index (κ1) is 21.1. The molecule has 0 spiro atoms. The van der Waals surface area contributed by atoms with Crippen LogP contribution in [0.25, 0.3) is 0 Å². The molecule has 5 nitrogen and oxygen atoms in total. The van der Waals surface area contributed by atoms with Gasteiger partial charge in [0.1, 0.15) is 11.5 Å². The number of nitrogens with zero attached hydrogens (tertiary/aromatic N) is 1. The molecule has 4 rings (SSSR count). The van der Waals surface area contributed by atoms with Gasteiger partial charge in [-0.15, -0.1) is 0 Å². The number of phenols is 3. The van der Waals surface area contributed by atoms with E-state index in [1.54, 1.807) is 30.3 Å². The summed E-state index contributed by atoms with van der Waals surface area (Å²) in [5.74, 6) is 1.37. The molecule has 0 amide bonds. The third kappa shape index (κ3) is 4.05. The fraction of sp³-hybridized carbons (Fsp3) is 0.111. The van der Waals surface area contributed by atoms with E-state index in [1.807, 2.05) is 74.2 Å². The Hall–Kier alpha value is -4.12. The van der Waals surface area contributed by atoms with Crippen molar-refractivity contribution >= 4 is 17.1 Å². The summed E-state index contributed by atoms with van der Waals surface area (Å²) in [6.07, 6.45) is 0. The van der Waals surface area contributed by atoms with Crippen molar-refractivity contribution in [3.05, 3.63) is 95.6 Å². The summed E-state index contributed by atoms with van der Waals surface area (Å²) in [5.41, 5.74) is 4.90. The molecule has 0 aromatic heterocycles. The molecule has 0 unspecified atom stereocenters. The van der Waals surface area contributed by atoms with Gasteiger partial charge in [0, 0.05) is 11.4 Å². The SMILES string of the molecule is Cc1cc(O)ccc1N(c1ccc(O)cc1C)c1ccccc1Oc1cccc(C)c1O. The number of aryl methyl sites for hydroxylation is 3. The number of ether oxygens (including phenoxy) is 1. The van der Waals surface area contributed by atoms with Gasteiger partial charge in [0.2, 0.25) is 0 Å². The van der Waals surface area contributed by atoms with Crippen LogP contribution in [0, 0.1) is 20.8 Å². The summed E-state index contributed by atoms with van der Waals surface area (Å²) >= 11 is 0. The van der Waals surface area contributed by atoms with E-state index in [-0.39, 0.29) is 17.2 Å². The number of hydrogen-bond donors (Lipinski definition) is 3. The lowest BCUT2D eigenvalue weighted by Gasteiger charge is -2.30. The van der Waals surface area contributed by atoms with Gasteiger partial charge in [0.25, 0.3) is 0 Å². The Bertz CT molecular complexity index is 1230. The number of phenolic OH excluding ortho intramolecular Hbond substituents is 3. The Balaban J connectivity index is 1.92. The Kier molecular flexibility index (Phi) is 5.65. The van der Waals surface area contributed by atoms with Crippen molar-refractivity contribution in [2.24, 2.45) is 0 Å². The molecular weight excluding hydrogens is 402 g/mol. The van der Waals surface area contributed by atoms with Crippen LogP contribution in [0.3, 0.4) is 0 Å². The van der Waals surface area contributed by atoms with E-state index < -0.39 is 0 Å². The van der Waals surface area contributed by atoms with Gasteiger partial charge in [-0.05, 0) is 92.1 Å². The quantitative estimate of drug-likeness (QED) is 0.320. The second-order valence-electron chi connectivity index (χ2n) is 7.77. The molecule has 0 radical (unpaired) electrons. The predicted molar refractivity (Wildman–Crippen MR) is 127 cm³/mol. The molecule has 0 aliphatic rings. The van der Waals surface area contributed by atoms with Crippen molar-refractivity contribution in [2.45, 2.75) is 20.8 Å². The average Bonchev–Trinajstić information content (AvgIpc) is 2.75. The van der Waals surface area contributed by atoms with E-state index in [0.717, 1.165) is 33.8 Å². The third-order valence-electron chi connectivity index (χ3n) is 5.37. The zero-order chi connectivity index (χ0) is 22.8. The Labute approximate surface area is 187 Å². The molecule has 3 N–H and O–H groups in total. The molecule has 0 bridgehead atoms. The number of anilines is 3. The second-order valence-corrected chi connectivity index (χ2v) is 7.77. The fourth-order valence-electron chi connectivity index (χ4n) is 3.73. The van der Waals surface area contributed by atoms with Crippen LogP contribution in [-0.4, -0.2) is 15.3 Å². The monoisotopic (exact) mass is 427 g/mol. The minimum atomic E-state index is 0.0930. The number of rotatable bonds is 5. The molecule has 0 saturated carbocycles. The molecular formula is C27H25NO4. The van der Waals surface area contributed by atoms with E-state index in [9.17, 15) is 15.3 Å². The van der Waals surface area contributed by atoms with Gasteiger partial charge in [-0.1, -0.05) is 24.3 Å². The van der Waals surface area contributed by atoms with Gasteiger partial charge in [-0.3, -0.25) is 0 Å². The minimum absolute atomic E-state index is 0.0930. The van der Waals surface area contributed by atoms with Crippen LogP contribution in [0.2, 0.25) is 0 Å². The standard InChI is InChI=1S/C27H25NO4/c1-17-7-6-10-26(27(17)31)32-25-9-5-4-8-24(25)28(22-13-11-20(29)15-18(22)2)23-14-12-21(30)16-19(23)3/h4-16,29-31H,1-3H3. The highest BCUT2D eigenvalue weighted by Gasteiger charge is 2.21. The molecule has 4 aromatic carbocycles. The predicted octanol–water partition coefficient (Wildman–Crippen LogP) is 6.99. The van der Waals surface area contributed by atoms with Crippen molar-refractivity contribution in [1.82, 2.24) is 0 Å². The topological polar surface area (TPSA) is 73.2 Å². The largest absolute Gasteiger partial charge is 0.508 e. The molecule has 4 aromatic rings. The first-order valence-electron chi connectivity index (χ1n) is 10.3. The van der Waals surface area contributed by atoms with E-state index >= 15 is 0 Å². The van der Waals surface area contributed by atoms with Crippen molar-refractivity contribution in [1.29, 1.82) is 0 Å². The molecule has 0 atom stereocenters. The number of para-hydroxylation sites is 3. The van der Waals surface area contributed by atoms with Gasteiger partial charge in [0.15, 0.2) is 17.2 Å². The van der Waals surface area contributed by atoms with Crippen LogP contribution in [-0.2, 0) is 0 Å². The summed E-state index contributed by atoms with van der Waals surface area (Å²) in [4.78, 5) is 2.02. The number of benzene rings is 4. The average molecular weight is 428 g/mol. The number of aromatic hydroxyl groups is 3. The maximum Gasteiger partial charge on any atom is 0.169 e. The summed E-state index contributed by atoms with van der Waals surface area (Å²) in [7, 11) is 0. The summed E-state index contributed by atoms with van der Waals surface area (Å²) < 4.78 is 6.18. The first-order valence-corrected chi connectivity index (χ1v) is 10.3. The van der Waals surface area contributed by atoms with Gasteiger partial charge >= 0.3 is 0 Å². The molecule has 32 heavy (non-hydrogen) atoms. The summed E-state index contributed by atoms with van der Waals surface area (Å²) in [6, 6.07) is 23.3. The Morgan fingerprint density at radius 2 is 1.12 bits per heavy atom. The highest BCUT2D eigenvalue weighted by Crippen LogP contribution is 2.45. The van der Waals surface area contributed by atoms with Crippen molar-refractivity contribution in [2.75, 3.05) is 4.90 Å². The lowest BCUT2D eigenvalue weighted by Crippen LogP contribution is -2.13. The molecule has 0 saturated heterocycles. The summed E-state index contributed by atoms with van der Waals surface area (Å²) in [6.45, 7) is 5.67. The maximum atomic E-state index is 10.5. The molecule has 5 heteroatoms. The third-order valence-corrected chi connectivity index (χ3v) is 5.37. The van der Waals surface area contributed by atoms with E-state index in [0.29, 0.717) is 11.5 Å². The lowest BCUT2D eigenvalue weighted by molar-refractivity contribution is 0.409. The van der Waals surface area contributed by atoms with Crippen LogP contribution in [0.4, 0.5) is 17.1 Å². The minimum Gasteiger partial charge on any atom is -0.508 e. The second kappa shape index (κ2) is 8.55. The lowest BCUT2D eigenvalue weighted by atomic mass is 10.1. The molecule has 0 aliphatic heterocycles. The zero-order valence-electron chi connectivity index (χ0n) is 18.2. The molecule has 0 heterocycles. The van der Waals surface area contributed by atoms with Gasteiger partial charge in [-0.25, -0.2) is 0 Å². The molecule has 0 fully saturated rings. The van der Waals surface area contributed by atoms with Crippen LogP contribution in [0.5, 0.6) is 28.7 Å². The van der Waals surface area contributed by atoms with Crippen molar-refractivity contribution < 1.29 is 20.1 Å². The Morgan fingerprint density at radius 3 is 1.72 bits per heavy atom. The normalized spacial score (nSPS) is 10.7. The van der Waals surface area contributed by atoms with E-state index in [4.69, 9.17) is 4.74 Å². The maximum absolute atomic E-state index is 10.5. The highest BCUT2D eigenvalue weighted by atomic mass is 16.5. The van der Waals surface area contributed by atoms with Crippen LogP contribution >= 0.6 is 0 Å². The van der Waals surface area contributed by atoms with E-state index in [1.165, 1.54) is 0 Å². The van der Waals surface area contributed by atoms with E-state index in [2.05, 4.69) is 0 Å². The Morgan fingerprint density at radius 1 is 0.562 bits per heavy atom. The van der Waals surface area contributed by atoms with Gasteiger partial charge in [-0.2, -0.15) is 0 Å². The summed E-state index contributed by atoms with van der Waals surface area (Å²) in [5, 5.41) is 30.4. The van der Waals surface area contributed by atoms with Crippen LogP contribution < -0.4 is 9.64 Å². The molecule has 0 aliphatic carbocycles. The van der Waals surface area contributed by atoms with Gasteiger partial charge < -0.3 is 25.0 Å². The fourth-order valence-corrected chi connectivity index (χ4v) is 3.73. The zero-order valence-corrected chi connectivity index (χ0v) is 18.2. The van der Waals surface area contributed by atoms with Crippen LogP contribution in [0.15, 0.2) is 78.9 Å². The molecule has 162 valence electrons. The van der Waals surface area contributed by atoms with Gasteiger partial charge in [0.05, 0.1) is 5.69 Å². The smallest absolute Gasteiger partial charge is 0.169 e. The van der Waals surface area contributed by atoms with Crippen LogP contribution in [0.1, 0.15) is 16.7 Å². The van der Waals surface area contributed by atoms with Crippen molar-refractivity contribution in [3.63, 3.8) is 0 Å². The number of hydrogen-bond acceptors (Lipinski definition) is 5.